The molecule has 0 unspecified atom stereocenters. The summed E-state index contributed by atoms with van der Waals surface area (Å²) >= 11 is 5.87. The molecule has 1 amide bonds. The van der Waals surface area contributed by atoms with E-state index in [1.807, 2.05) is 0 Å². The maximum atomic E-state index is 13.8. The third-order valence-electron chi connectivity index (χ3n) is 5.00. The number of hydrogen-bond donors (Lipinski definition) is 1. The minimum Gasteiger partial charge on any atom is -0.350 e. The number of rotatable bonds is 6. The predicted octanol–water partition coefficient (Wildman–Crippen LogP) is 4.72. The van der Waals surface area contributed by atoms with Crippen LogP contribution in [0.25, 0.3) is 10.9 Å². The Morgan fingerprint density at radius 1 is 0.938 bits per heavy atom. The molecule has 0 aliphatic carbocycles. The lowest BCUT2D eigenvalue weighted by molar-refractivity contribution is -0.121. The zero-order valence-corrected chi connectivity index (χ0v) is 18.1. The molecule has 0 bridgehead atoms. The molecule has 164 valence electrons. The van der Waals surface area contributed by atoms with Crippen molar-refractivity contribution in [3.05, 3.63) is 95.1 Å². The van der Waals surface area contributed by atoms with E-state index in [1.54, 1.807) is 24.3 Å². The highest BCUT2D eigenvalue weighted by molar-refractivity contribution is 7.91. The van der Waals surface area contributed by atoms with Crippen molar-refractivity contribution in [1.29, 1.82) is 0 Å². The molecular formula is C23H17ClF2N2O3S. The van der Waals surface area contributed by atoms with Crippen molar-refractivity contribution in [2.24, 2.45) is 0 Å². The highest BCUT2D eigenvalue weighted by Gasteiger charge is 2.24. The predicted molar refractivity (Wildman–Crippen MR) is 117 cm³/mol. The summed E-state index contributed by atoms with van der Waals surface area (Å²) in [6.45, 7) is -0.556. The number of hydrogen-bond acceptors (Lipinski definition) is 3. The second-order valence-electron chi connectivity index (χ2n) is 7.07. The van der Waals surface area contributed by atoms with Crippen molar-refractivity contribution < 1.29 is 22.0 Å². The van der Waals surface area contributed by atoms with E-state index >= 15 is 0 Å². The maximum absolute atomic E-state index is 13.8. The van der Waals surface area contributed by atoms with Crippen molar-refractivity contribution in [2.75, 3.05) is 0 Å². The van der Waals surface area contributed by atoms with Crippen LogP contribution in [-0.4, -0.2) is 18.9 Å². The number of carbonyl (C=O) groups excluding carboxylic acids is 1. The summed E-state index contributed by atoms with van der Waals surface area (Å²) < 4.78 is 55.5. The highest BCUT2D eigenvalue weighted by atomic mass is 35.5. The summed E-state index contributed by atoms with van der Waals surface area (Å²) in [5, 5.41) is 3.34. The van der Waals surface area contributed by atoms with Gasteiger partial charge in [0.2, 0.25) is 15.7 Å². The number of benzene rings is 3. The van der Waals surface area contributed by atoms with E-state index in [0.29, 0.717) is 15.9 Å². The van der Waals surface area contributed by atoms with E-state index in [0.717, 1.165) is 12.1 Å². The number of aromatic nitrogens is 1. The molecule has 0 spiro atoms. The fourth-order valence-corrected chi connectivity index (χ4v) is 5.00. The van der Waals surface area contributed by atoms with Gasteiger partial charge in [-0.3, -0.25) is 4.79 Å². The molecule has 1 aromatic heterocycles. The van der Waals surface area contributed by atoms with Gasteiger partial charge in [0.15, 0.2) is 0 Å². The molecule has 5 nitrogen and oxygen atoms in total. The van der Waals surface area contributed by atoms with Crippen LogP contribution >= 0.6 is 11.6 Å². The molecule has 1 N–H and O–H groups in total. The molecule has 0 fully saturated rings. The molecule has 1 heterocycles. The van der Waals surface area contributed by atoms with E-state index in [1.165, 1.54) is 41.1 Å². The van der Waals surface area contributed by atoms with Crippen LogP contribution in [0.4, 0.5) is 8.78 Å². The molecular weight excluding hydrogens is 458 g/mol. The molecule has 9 heteroatoms. The second kappa shape index (κ2) is 8.72. The van der Waals surface area contributed by atoms with Gasteiger partial charge in [-0.05, 0) is 42.5 Å². The first-order valence-corrected chi connectivity index (χ1v) is 11.4. The molecule has 0 aliphatic rings. The number of halogens is 3. The zero-order chi connectivity index (χ0) is 22.9. The Hall–Kier alpha value is -3.23. The number of carbonyl (C=O) groups is 1. The van der Waals surface area contributed by atoms with Gasteiger partial charge < -0.3 is 9.88 Å². The van der Waals surface area contributed by atoms with Gasteiger partial charge in [0.1, 0.15) is 18.2 Å². The maximum Gasteiger partial charge on any atom is 0.240 e. The van der Waals surface area contributed by atoms with Gasteiger partial charge in [-0.25, -0.2) is 17.2 Å². The molecule has 3 aromatic carbocycles. The Kier molecular flexibility index (Phi) is 5.99. The van der Waals surface area contributed by atoms with Gasteiger partial charge in [0.05, 0.1) is 9.79 Å². The van der Waals surface area contributed by atoms with Gasteiger partial charge in [0, 0.05) is 34.2 Å². The molecule has 0 atom stereocenters. The van der Waals surface area contributed by atoms with Crippen LogP contribution in [0.5, 0.6) is 0 Å². The van der Waals surface area contributed by atoms with Crippen LogP contribution < -0.4 is 5.32 Å². The topological polar surface area (TPSA) is 68.2 Å². The molecule has 0 aliphatic heterocycles. The van der Waals surface area contributed by atoms with E-state index in [2.05, 4.69) is 5.32 Å². The van der Waals surface area contributed by atoms with Gasteiger partial charge in [0.25, 0.3) is 0 Å². The van der Waals surface area contributed by atoms with Gasteiger partial charge in [-0.15, -0.1) is 0 Å². The van der Waals surface area contributed by atoms with E-state index < -0.39 is 27.4 Å². The third kappa shape index (κ3) is 4.24. The molecule has 0 radical (unpaired) electrons. The Balaban J connectivity index is 1.63. The fraction of sp³-hybridized carbons (Fsp3) is 0.0870. The summed E-state index contributed by atoms with van der Waals surface area (Å²) in [5.74, 6) is -2.04. The summed E-state index contributed by atoms with van der Waals surface area (Å²) in [4.78, 5) is 12.6. The molecule has 0 saturated carbocycles. The summed E-state index contributed by atoms with van der Waals surface area (Å²) in [6.07, 6.45) is 1.39. The standard InChI is InChI=1S/C23H17ClF2N2O3S/c24-15-8-10-16(11-9-15)32(30,31)22-13-28(21-7-2-1-4-17(21)22)14-23(29)27-12-18-19(25)5-3-6-20(18)26/h1-11,13H,12,14H2,(H,27,29). The first-order chi connectivity index (χ1) is 15.3. The van der Waals surface area contributed by atoms with Crippen molar-refractivity contribution in [3.8, 4) is 0 Å². The minimum atomic E-state index is -3.87. The number of nitrogens with zero attached hydrogens (tertiary/aromatic N) is 1. The Morgan fingerprint density at radius 3 is 2.28 bits per heavy atom. The second-order valence-corrected chi connectivity index (χ2v) is 9.43. The molecule has 0 saturated heterocycles. The van der Waals surface area contributed by atoms with Crippen LogP contribution in [0.1, 0.15) is 5.56 Å². The monoisotopic (exact) mass is 474 g/mol. The number of amides is 1. The fourth-order valence-electron chi connectivity index (χ4n) is 3.40. The molecule has 32 heavy (non-hydrogen) atoms. The smallest absolute Gasteiger partial charge is 0.240 e. The Bertz CT molecular complexity index is 1400. The number of nitrogens with one attached hydrogen (secondary N) is 1. The number of sulfone groups is 1. The van der Waals surface area contributed by atoms with Crippen LogP contribution in [0.2, 0.25) is 5.02 Å². The number of para-hydroxylation sites is 1. The quantitative estimate of drug-likeness (QED) is 0.439. The first kappa shape index (κ1) is 22.0. The largest absolute Gasteiger partial charge is 0.350 e. The SMILES string of the molecule is O=C(Cn1cc(S(=O)(=O)c2ccc(Cl)cc2)c2ccccc21)NCc1c(F)cccc1F. The lowest BCUT2D eigenvalue weighted by Crippen LogP contribution is -2.27. The Morgan fingerprint density at radius 2 is 1.59 bits per heavy atom. The van der Waals surface area contributed by atoms with Crippen LogP contribution in [-0.2, 0) is 27.7 Å². The van der Waals surface area contributed by atoms with Crippen molar-refractivity contribution in [3.63, 3.8) is 0 Å². The van der Waals surface area contributed by atoms with Gasteiger partial charge >= 0.3 is 0 Å². The Labute approximate surface area is 188 Å². The average Bonchev–Trinajstić information content (AvgIpc) is 3.13. The van der Waals surface area contributed by atoms with E-state index in [9.17, 15) is 22.0 Å². The van der Waals surface area contributed by atoms with Crippen molar-refractivity contribution >= 4 is 38.2 Å². The lowest BCUT2D eigenvalue weighted by atomic mass is 10.2. The zero-order valence-electron chi connectivity index (χ0n) is 16.6. The van der Waals surface area contributed by atoms with Gasteiger partial charge in [-0.2, -0.15) is 0 Å². The van der Waals surface area contributed by atoms with Crippen molar-refractivity contribution in [1.82, 2.24) is 9.88 Å². The molecule has 4 aromatic rings. The van der Waals surface area contributed by atoms with Crippen LogP contribution in [0.3, 0.4) is 0 Å². The first-order valence-electron chi connectivity index (χ1n) is 9.55. The highest BCUT2D eigenvalue weighted by Crippen LogP contribution is 2.30. The summed E-state index contributed by atoms with van der Waals surface area (Å²) in [5.41, 5.74) is 0.288. The van der Waals surface area contributed by atoms with Crippen molar-refractivity contribution in [2.45, 2.75) is 22.9 Å². The summed E-state index contributed by atoms with van der Waals surface area (Å²) in [6, 6.07) is 16.0. The number of fused-ring (bicyclic) bond motifs is 1. The van der Waals surface area contributed by atoms with Gasteiger partial charge in [-0.1, -0.05) is 35.9 Å². The minimum absolute atomic E-state index is 0.0448. The van der Waals surface area contributed by atoms with E-state index in [-0.39, 0.29) is 28.4 Å². The normalized spacial score (nSPS) is 11.6. The molecule has 4 rings (SSSR count). The van der Waals surface area contributed by atoms with Crippen LogP contribution in [0.15, 0.2) is 82.7 Å². The average molecular weight is 475 g/mol. The lowest BCUT2D eigenvalue weighted by Gasteiger charge is -2.09. The van der Waals surface area contributed by atoms with E-state index in [4.69, 9.17) is 11.6 Å². The third-order valence-corrected chi connectivity index (χ3v) is 7.05. The van der Waals surface area contributed by atoms with Crippen LogP contribution in [0, 0.1) is 11.6 Å². The summed E-state index contributed by atoms with van der Waals surface area (Å²) in [7, 11) is -3.87.